The smallest absolute Gasteiger partial charge is 0.356 e. The summed E-state index contributed by atoms with van der Waals surface area (Å²) >= 11 is 0. The highest BCUT2D eigenvalue weighted by atomic mass is 16.5. The first kappa shape index (κ1) is 11.6. The van der Waals surface area contributed by atoms with Gasteiger partial charge in [0.25, 0.3) is 0 Å². The molecular weight excluding hydrogens is 214 g/mol. The quantitative estimate of drug-likeness (QED) is 0.577. The zero-order chi connectivity index (χ0) is 12.4. The van der Waals surface area contributed by atoms with E-state index in [4.69, 9.17) is 4.74 Å². The summed E-state index contributed by atoms with van der Waals surface area (Å²) in [4.78, 5) is 15.7. The zero-order valence-corrected chi connectivity index (χ0v) is 10.0. The van der Waals surface area contributed by atoms with Crippen molar-refractivity contribution in [1.29, 1.82) is 0 Å². The lowest BCUT2D eigenvalue weighted by Gasteiger charge is -2.27. The molecule has 0 aliphatic carbocycles. The zero-order valence-electron chi connectivity index (χ0n) is 10.0. The molecule has 1 aromatic carbocycles. The van der Waals surface area contributed by atoms with Gasteiger partial charge in [-0.25, -0.2) is 9.79 Å². The van der Waals surface area contributed by atoms with Crippen LogP contribution in [0.1, 0.15) is 19.4 Å². The Morgan fingerprint density at radius 3 is 2.53 bits per heavy atom. The normalized spacial score (nSPS) is 20.2. The second-order valence-electron chi connectivity index (χ2n) is 4.38. The number of carbonyl (C=O) groups excluding carboxylic acids is 1. The summed E-state index contributed by atoms with van der Waals surface area (Å²) in [7, 11) is 0. The Morgan fingerprint density at radius 2 is 1.94 bits per heavy atom. The van der Waals surface area contributed by atoms with Gasteiger partial charge in [-0.3, -0.25) is 0 Å². The van der Waals surface area contributed by atoms with Crippen molar-refractivity contribution in [3.8, 4) is 0 Å². The second kappa shape index (κ2) is 4.53. The predicted molar refractivity (Wildman–Crippen MR) is 66.8 cm³/mol. The highest BCUT2D eigenvalue weighted by molar-refractivity contribution is 6.09. The Balaban J connectivity index is 2.44. The van der Waals surface area contributed by atoms with E-state index >= 15 is 0 Å². The van der Waals surface area contributed by atoms with Crippen molar-refractivity contribution in [1.82, 2.24) is 0 Å². The Labute approximate surface area is 101 Å². The first-order valence-electron chi connectivity index (χ1n) is 5.63. The van der Waals surface area contributed by atoms with E-state index in [1.807, 2.05) is 44.2 Å². The Hall–Kier alpha value is -1.90. The summed E-state index contributed by atoms with van der Waals surface area (Å²) in [6.07, 6.45) is -0.296. The van der Waals surface area contributed by atoms with Crippen molar-refractivity contribution in [2.45, 2.75) is 20.0 Å². The van der Waals surface area contributed by atoms with E-state index in [2.05, 4.69) is 11.6 Å². The minimum absolute atomic E-state index is 0.167. The minimum Gasteiger partial charge on any atom is -0.451 e. The number of aliphatic imine (C=N–C) groups is 1. The highest BCUT2D eigenvalue weighted by Gasteiger charge is 2.30. The van der Waals surface area contributed by atoms with Gasteiger partial charge in [0.2, 0.25) is 0 Å². The van der Waals surface area contributed by atoms with E-state index in [0.29, 0.717) is 0 Å². The van der Waals surface area contributed by atoms with Crippen LogP contribution in [-0.4, -0.2) is 17.8 Å². The van der Waals surface area contributed by atoms with E-state index in [1.54, 1.807) is 0 Å². The number of nitrogens with zero attached hydrogens (tertiary/aromatic N) is 1. The number of hydrogen-bond donors (Lipinski definition) is 0. The predicted octanol–water partition coefficient (Wildman–Crippen LogP) is 2.57. The lowest BCUT2D eigenvalue weighted by molar-refractivity contribution is -0.143. The van der Waals surface area contributed by atoms with E-state index in [9.17, 15) is 4.79 Å². The molecule has 0 saturated carbocycles. The molecule has 1 aliphatic rings. The largest absolute Gasteiger partial charge is 0.451 e. The van der Waals surface area contributed by atoms with Gasteiger partial charge in [-0.2, -0.15) is 0 Å². The fourth-order valence-electron chi connectivity index (χ4n) is 1.78. The molecule has 17 heavy (non-hydrogen) atoms. The molecule has 0 saturated heterocycles. The number of hydrogen-bond acceptors (Lipinski definition) is 3. The summed E-state index contributed by atoms with van der Waals surface area (Å²) in [5.41, 5.74) is 1.92. The van der Waals surface area contributed by atoms with Crippen LogP contribution in [0.2, 0.25) is 0 Å². The van der Waals surface area contributed by atoms with Gasteiger partial charge in [-0.15, -0.1) is 0 Å². The summed E-state index contributed by atoms with van der Waals surface area (Å²) in [6.45, 7) is 7.61. The lowest BCUT2D eigenvalue weighted by Crippen LogP contribution is -2.36. The van der Waals surface area contributed by atoms with E-state index in [1.165, 1.54) is 0 Å². The van der Waals surface area contributed by atoms with Crippen molar-refractivity contribution < 1.29 is 9.53 Å². The van der Waals surface area contributed by atoms with Crippen molar-refractivity contribution >= 4 is 11.7 Å². The monoisotopic (exact) mass is 229 g/mol. The molecule has 0 bridgehead atoms. The minimum atomic E-state index is -0.427. The molecule has 1 heterocycles. The van der Waals surface area contributed by atoms with Crippen molar-refractivity contribution in [3.05, 3.63) is 48.2 Å². The summed E-state index contributed by atoms with van der Waals surface area (Å²) in [5.74, 6) is -0.241. The number of carbonyl (C=O) groups is 1. The molecule has 0 amide bonds. The molecule has 3 heteroatoms. The summed E-state index contributed by atoms with van der Waals surface area (Å²) in [6, 6.07) is 9.74. The SMILES string of the molecule is C=C1N=C(c2ccccc2)[C@H](C(C)C)OC1=O. The second-order valence-corrected chi connectivity index (χ2v) is 4.38. The molecule has 0 fully saturated rings. The Bertz CT molecular complexity index is 474. The highest BCUT2D eigenvalue weighted by Crippen LogP contribution is 2.22. The van der Waals surface area contributed by atoms with Gasteiger partial charge in [-0.05, 0) is 11.5 Å². The van der Waals surface area contributed by atoms with E-state index in [-0.39, 0.29) is 17.7 Å². The van der Waals surface area contributed by atoms with E-state index in [0.717, 1.165) is 11.3 Å². The van der Waals surface area contributed by atoms with Crippen LogP contribution in [-0.2, 0) is 9.53 Å². The molecule has 88 valence electrons. The van der Waals surface area contributed by atoms with Crippen LogP contribution in [0, 0.1) is 5.92 Å². The maximum atomic E-state index is 11.5. The van der Waals surface area contributed by atoms with Crippen LogP contribution in [0.4, 0.5) is 0 Å². The van der Waals surface area contributed by atoms with Gasteiger partial charge in [0.15, 0.2) is 0 Å². The molecule has 0 aromatic heterocycles. The Morgan fingerprint density at radius 1 is 1.29 bits per heavy atom. The van der Waals surface area contributed by atoms with Crippen LogP contribution in [0.3, 0.4) is 0 Å². The first-order chi connectivity index (χ1) is 8.09. The number of ether oxygens (including phenoxy) is 1. The molecule has 3 nitrogen and oxygen atoms in total. The van der Waals surface area contributed by atoms with Crippen LogP contribution in [0.5, 0.6) is 0 Å². The average Bonchev–Trinajstić information content (AvgIpc) is 2.33. The van der Waals surface area contributed by atoms with E-state index < -0.39 is 5.97 Å². The Kier molecular flexibility index (Phi) is 3.09. The average molecular weight is 229 g/mol. The van der Waals surface area contributed by atoms with Gasteiger partial charge in [0, 0.05) is 0 Å². The number of cyclic esters (lactones) is 1. The number of benzene rings is 1. The fourth-order valence-corrected chi connectivity index (χ4v) is 1.78. The molecule has 0 radical (unpaired) electrons. The third-order valence-corrected chi connectivity index (χ3v) is 2.67. The molecule has 1 atom stereocenters. The van der Waals surface area contributed by atoms with Gasteiger partial charge in [0.05, 0.1) is 5.71 Å². The fraction of sp³-hybridized carbons (Fsp3) is 0.286. The molecule has 1 aromatic rings. The van der Waals surface area contributed by atoms with Gasteiger partial charge >= 0.3 is 5.97 Å². The number of rotatable bonds is 2. The van der Waals surface area contributed by atoms with Gasteiger partial charge in [-0.1, -0.05) is 50.8 Å². The molecule has 0 unspecified atom stereocenters. The summed E-state index contributed by atoms with van der Waals surface area (Å²) < 4.78 is 5.36. The van der Waals surface area contributed by atoms with Crippen LogP contribution in [0.25, 0.3) is 0 Å². The molecular formula is C14H15NO2. The van der Waals surface area contributed by atoms with Gasteiger partial charge < -0.3 is 4.74 Å². The first-order valence-corrected chi connectivity index (χ1v) is 5.63. The van der Waals surface area contributed by atoms with Crippen LogP contribution in [0.15, 0.2) is 47.6 Å². The maximum Gasteiger partial charge on any atom is 0.356 e. The van der Waals surface area contributed by atoms with Crippen LogP contribution < -0.4 is 0 Å². The van der Waals surface area contributed by atoms with Crippen LogP contribution >= 0.6 is 0 Å². The summed E-state index contributed by atoms with van der Waals surface area (Å²) in [5, 5.41) is 0. The molecule has 0 spiro atoms. The van der Waals surface area contributed by atoms with Crippen molar-refractivity contribution in [2.75, 3.05) is 0 Å². The van der Waals surface area contributed by atoms with Crippen molar-refractivity contribution in [3.63, 3.8) is 0 Å². The van der Waals surface area contributed by atoms with Gasteiger partial charge in [0.1, 0.15) is 11.8 Å². The standard InChI is InChI=1S/C14H15NO2/c1-9(2)13-12(11-7-5-4-6-8-11)15-10(3)14(16)17-13/h4-9,13H,3H2,1-2H3/t13-/m0/s1. The lowest BCUT2D eigenvalue weighted by atomic mass is 9.95. The third kappa shape index (κ3) is 2.28. The molecule has 0 N–H and O–H groups in total. The molecule has 1 aliphatic heterocycles. The topological polar surface area (TPSA) is 38.7 Å². The molecule has 2 rings (SSSR count). The van der Waals surface area contributed by atoms with Crippen molar-refractivity contribution in [2.24, 2.45) is 10.9 Å². The third-order valence-electron chi connectivity index (χ3n) is 2.67. The number of esters is 1. The maximum absolute atomic E-state index is 11.5.